The largest absolute Gasteiger partial charge is 0.497 e. The van der Waals surface area contributed by atoms with Crippen LogP contribution >= 0.6 is 0 Å². The van der Waals surface area contributed by atoms with E-state index >= 15 is 0 Å². The lowest BCUT2D eigenvalue weighted by Crippen LogP contribution is -2.46. The number of hydrogen-bond acceptors (Lipinski definition) is 4. The van der Waals surface area contributed by atoms with E-state index in [4.69, 9.17) is 4.74 Å². The Bertz CT molecular complexity index is 537. The van der Waals surface area contributed by atoms with Crippen LogP contribution < -0.4 is 4.74 Å². The minimum atomic E-state index is -0.523. The minimum absolute atomic E-state index is 0.523. The third-order valence-electron chi connectivity index (χ3n) is 5.17. The molecule has 0 aromatic heterocycles. The van der Waals surface area contributed by atoms with E-state index in [1.807, 2.05) is 12.1 Å². The standard InChI is InChI=1S/C20H30N2O2/c1-24-19-9-7-18(8-10-19)6-5-14-22-15-11-20(23,17-22)16-21-12-3-2-4-13-21/h5-10,23H,2-4,11-17H2,1H3/b6-5+/t20-/m1/s1. The molecule has 3 rings (SSSR count). The van der Waals surface area contributed by atoms with E-state index < -0.39 is 5.60 Å². The third-order valence-corrected chi connectivity index (χ3v) is 5.17. The van der Waals surface area contributed by atoms with Crippen LogP contribution in [0.4, 0.5) is 0 Å². The highest BCUT2D eigenvalue weighted by molar-refractivity contribution is 5.50. The molecule has 2 fully saturated rings. The van der Waals surface area contributed by atoms with Crippen molar-refractivity contribution in [3.05, 3.63) is 35.9 Å². The average molecular weight is 330 g/mol. The Morgan fingerprint density at radius 3 is 2.54 bits per heavy atom. The number of aliphatic hydroxyl groups is 1. The number of benzene rings is 1. The molecule has 0 unspecified atom stereocenters. The molecule has 0 saturated carbocycles. The van der Waals surface area contributed by atoms with Crippen LogP contribution in [-0.2, 0) is 0 Å². The highest BCUT2D eigenvalue weighted by Gasteiger charge is 2.37. The monoisotopic (exact) mass is 330 g/mol. The fourth-order valence-electron chi connectivity index (χ4n) is 3.81. The molecule has 4 nitrogen and oxygen atoms in total. The van der Waals surface area contributed by atoms with Gasteiger partial charge >= 0.3 is 0 Å². The number of rotatable bonds is 6. The van der Waals surface area contributed by atoms with Crippen molar-refractivity contribution in [1.82, 2.24) is 9.80 Å². The van der Waals surface area contributed by atoms with Crippen LogP contribution in [-0.4, -0.2) is 66.9 Å². The van der Waals surface area contributed by atoms with Crippen molar-refractivity contribution in [2.24, 2.45) is 0 Å². The summed E-state index contributed by atoms with van der Waals surface area (Å²) >= 11 is 0. The molecule has 1 N–H and O–H groups in total. The number of ether oxygens (including phenoxy) is 1. The lowest BCUT2D eigenvalue weighted by Gasteiger charge is -2.33. The predicted molar refractivity (Wildman–Crippen MR) is 98.3 cm³/mol. The number of nitrogens with zero attached hydrogens (tertiary/aromatic N) is 2. The first-order valence-electron chi connectivity index (χ1n) is 9.15. The maximum atomic E-state index is 10.9. The number of likely N-dealkylation sites (tertiary alicyclic amines) is 2. The maximum absolute atomic E-state index is 10.9. The molecule has 4 heteroatoms. The molecule has 1 atom stereocenters. The molecule has 0 amide bonds. The van der Waals surface area contributed by atoms with Gasteiger partial charge in [-0.25, -0.2) is 0 Å². The topological polar surface area (TPSA) is 35.9 Å². The highest BCUT2D eigenvalue weighted by Crippen LogP contribution is 2.24. The highest BCUT2D eigenvalue weighted by atomic mass is 16.5. The Hall–Kier alpha value is -1.36. The summed E-state index contributed by atoms with van der Waals surface area (Å²) in [6.07, 6.45) is 9.13. The van der Waals surface area contributed by atoms with E-state index in [1.54, 1.807) is 7.11 Å². The molecule has 24 heavy (non-hydrogen) atoms. The van der Waals surface area contributed by atoms with Crippen LogP contribution in [0.5, 0.6) is 5.75 Å². The van der Waals surface area contributed by atoms with Gasteiger partial charge in [0.25, 0.3) is 0 Å². The lowest BCUT2D eigenvalue weighted by atomic mass is 10.0. The van der Waals surface area contributed by atoms with Crippen LogP contribution in [0.1, 0.15) is 31.2 Å². The van der Waals surface area contributed by atoms with Crippen molar-refractivity contribution in [1.29, 1.82) is 0 Å². The van der Waals surface area contributed by atoms with Crippen molar-refractivity contribution in [2.45, 2.75) is 31.3 Å². The smallest absolute Gasteiger partial charge is 0.118 e. The molecule has 0 bridgehead atoms. The van der Waals surface area contributed by atoms with Gasteiger partial charge < -0.3 is 14.7 Å². The van der Waals surface area contributed by atoms with Gasteiger partial charge in [-0.1, -0.05) is 30.7 Å². The van der Waals surface area contributed by atoms with E-state index in [2.05, 4.69) is 34.1 Å². The van der Waals surface area contributed by atoms with Crippen molar-refractivity contribution < 1.29 is 9.84 Å². The van der Waals surface area contributed by atoms with Gasteiger partial charge in [0.1, 0.15) is 5.75 Å². The molecule has 1 aromatic carbocycles. The SMILES string of the molecule is COc1ccc(/C=C/CN2CC[C@@](O)(CN3CCCCC3)C2)cc1. The Labute approximate surface area is 145 Å². The lowest BCUT2D eigenvalue weighted by molar-refractivity contribution is 0.00771. The van der Waals surface area contributed by atoms with E-state index in [1.165, 1.54) is 24.8 Å². The van der Waals surface area contributed by atoms with Gasteiger partial charge in [-0.3, -0.25) is 4.90 Å². The number of β-amino-alcohol motifs (C(OH)–C–C–N with tert-alkyl or cyclic N) is 1. The maximum Gasteiger partial charge on any atom is 0.118 e. The van der Waals surface area contributed by atoms with Gasteiger partial charge in [0.2, 0.25) is 0 Å². The zero-order valence-electron chi connectivity index (χ0n) is 14.8. The summed E-state index contributed by atoms with van der Waals surface area (Å²) in [7, 11) is 1.68. The fourth-order valence-corrected chi connectivity index (χ4v) is 3.81. The first-order valence-corrected chi connectivity index (χ1v) is 9.15. The summed E-state index contributed by atoms with van der Waals surface area (Å²) in [6, 6.07) is 8.08. The Kier molecular flexibility index (Phi) is 5.93. The molecular weight excluding hydrogens is 300 g/mol. The zero-order chi connectivity index (χ0) is 16.8. The number of hydrogen-bond donors (Lipinski definition) is 1. The molecule has 1 aromatic rings. The summed E-state index contributed by atoms with van der Waals surface area (Å²) in [5, 5.41) is 10.9. The van der Waals surface area contributed by atoms with E-state index in [0.717, 1.165) is 51.4 Å². The first kappa shape index (κ1) is 17.5. The summed E-state index contributed by atoms with van der Waals surface area (Å²) in [6.45, 7) is 5.81. The molecule has 2 heterocycles. The molecule has 2 aliphatic rings. The van der Waals surface area contributed by atoms with Crippen LogP contribution in [0, 0.1) is 0 Å². The Morgan fingerprint density at radius 1 is 1.08 bits per heavy atom. The first-order chi connectivity index (χ1) is 11.7. The third kappa shape index (κ3) is 4.82. The van der Waals surface area contributed by atoms with E-state index in [-0.39, 0.29) is 0 Å². The van der Waals surface area contributed by atoms with Gasteiger partial charge in [0, 0.05) is 26.2 Å². The van der Waals surface area contributed by atoms with Crippen LogP contribution in [0.15, 0.2) is 30.3 Å². The van der Waals surface area contributed by atoms with Crippen molar-refractivity contribution in [3.63, 3.8) is 0 Å². The average Bonchev–Trinajstić information content (AvgIpc) is 2.97. The minimum Gasteiger partial charge on any atom is -0.497 e. The summed E-state index contributed by atoms with van der Waals surface area (Å²) < 4.78 is 5.18. The van der Waals surface area contributed by atoms with Crippen LogP contribution in [0.2, 0.25) is 0 Å². The van der Waals surface area contributed by atoms with Crippen LogP contribution in [0.25, 0.3) is 6.08 Å². The Balaban J connectivity index is 1.45. The molecular formula is C20H30N2O2. The molecule has 132 valence electrons. The second-order valence-corrected chi connectivity index (χ2v) is 7.22. The molecule has 0 aliphatic carbocycles. The van der Waals surface area contributed by atoms with Gasteiger partial charge in [-0.2, -0.15) is 0 Å². The van der Waals surface area contributed by atoms with Crippen molar-refractivity contribution >= 4 is 6.08 Å². The van der Waals surface area contributed by atoms with Gasteiger partial charge in [-0.05, 0) is 50.0 Å². The fraction of sp³-hybridized carbons (Fsp3) is 0.600. The Morgan fingerprint density at radius 2 is 1.83 bits per heavy atom. The van der Waals surface area contributed by atoms with Gasteiger partial charge in [-0.15, -0.1) is 0 Å². The quantitative estimate of drug-likeness (QED) is 0.870. The number of piperidine rings is 1. The molecule has 2 aliphatic heterocycles. The van der Waals surface area contributed by atoms with Gasteiger partial charge in [0.15, 0.2) is 0 Å². The summed E-state index contributed by atoms with van der Waals surface area (Å²) in [4.78, 5) is 4.80. The predicted octanol–water partition coefficient (Wildman–Crippen LogP) is 2.63. The normalized spacial score (nSPS) is 26.2. The van der Waals surface area contributed by atoms with E-state index in [9.17, 15) is 5.11 Å². The van der Waals surface area contributed by atoms with Crippen LogP contribution in [0.3, 0.4) is 0 Å². The second kappa shape index (κ2) is 8.15. The molecule has 2 saturated heterocycles. The zero-order valence-corrected chi connectivity index (χ0v) is 14.8. The summed E-state index contributed by atoms with van der Waals surface area (Å²) in [5.41, 5.74) is 0.657. The molecule has 0 radical (unpaired) electrons. The van der Waals surface area contributed by atoms with Crippen molar-refractivity contribution in [2.75, 3.05) is 46.4 Å². The molecule has 0 spiro atoms. The number of methoxy groups -OCH3 is 1. The van der Waals surface area contributed by atoms with E-state index in [0.29, 0.717) is 0 Å². The van der Waals surface area contributed by atoms with Gasteiger partial charge in [0.05, 0.1) is 12.7 Å². The van der Waals surface area contributed by atoms with Crippen molar-refractivity contribution in [3.8, 4) is 5.75 Å². The second-order valence-electron chi connectivity index (χ2n) is 7.22. The summed E-state index contributed by atoms with van der Waals surface area (Å²) in [5.74, 6) is 0.884.